The Morgan fingerprint density at radius 3 is 2.43 bits per heavy atom. The number of nitrogens with zero attached hydrogens (tertiary/aromatic N) is 3. The maximum absolute atomic E-state index is 13.8. The summed E-state index contributed by atoms with van der Waals surface area (Å²) in [6, 6.07) is 2.58. The van der Waals surface area contributed by atoms with Crippen LogP contribution in [0.3, 0.4) is 0 Å². The average molecular weight is 433 g/mol. The van der Waals surface area contributed by atoms with E-state index in [1.54, 1.807) is 27.1 Å². The number of aliphatic hydroxyl groups is 1. The van der Waals surface area contributed by atoms with Crippen LogP contribution in [0.2, 0.25) is 0 Å². The summed E-state index contributed by atoms with van der Waals surface area (Å²) >= 11 is 0. The highest BCUT2D eigenvalue weighted by Crippen LogP contribution is 2.45. The molecule has 1 rings (SSSR count). The average Bonchev–Trinajstić information content (AvgIpc) is 2.67. The van der Waals surface area contributed by atoms with Crippen molar-refractivity contribution in [3.05, 3.63) is 23.3 Å². The zero-order valence-corrected chi connectivity index (χ0v) is 18.2. The van der Waals surface area contributed by atoms with Gasteiger partial charge in [-0.3, -0.25) is 0 Å². The zero-order chi connectivity index (χ0) is 22.9. The molecule has 1 N–H and O–H groups in total. The minimum atomic E-state index is -5.00. The highest BCUT2D eigenvalue weighted by molar-refractivity contribution is 5.78. The SMILES string of the molecule is CCN(C)C=Nc1cc(OC)c(C(O)(COCCON=C(C)C)C(F)(F)F)cc1C. The van der Waals surface area contributed by atoms with Gasteiger partial charge in [-0.05, 0) is 39.3 Å². The van der Waals surface area contributed by atoms with Gasteiger partial charge in [0.2, 0.25) is 5.60 Å². The minimum absolute atomic E-state index is 0.0477. The Kier molecular flexibility index (Phi) is 9.57. The lowest BCUT2D eigenvalue weighted by Crippen LogP contribution is -2.46. The van der Waals surface area contributed by atoms with Gasteiger partial charge in [0.25, 0.3) is 0 Å². The zero-order valence-electron chi connectivity index (χ0n) is 18.2. The fraction of sp³-hybridized carbons (Fsp3) is 0.600. The van der Waals surface area contributed by atoms with Crippen LogP contribution < -0.4 is 4.74 Å². The van der Waals surface area contributed by atoms with Gasteiger partial charge in [0, 0.05) is 25.2 Å². The van der Waals surface area contributed by atoms with Crippen LogP contribution >= 0.6 is 0 Å². The van der Waals surface area contributed by atoms with Gasteiger partial charge >= 0.3 is 6.18 Å². The van der Waals surface area contributed by atoms with Gasteiger partial charge < -0.3 is 24.3 Å². The van der Waals surface area contributed by atoms with E-state index in [4.69, 9.17) is 14.3 Å². The van der Waals surface area contributed by atoms with Crippen molar-refractivity contribution >= 4 is 17.7 Å². The highest BCUT2D eigenvalue weighted by atomic mass is 19.4. The third-order valence-electron chi connectivity index (χ3n) is 4.20. The molecule has 0 saturated heterocycles. The van der Waals surface area contributed by atoms with E-state index >= 15 is 0 Å². The van der Waals surface area contributed by atoms with Crippen LogP contribution in [0.1, 0.15) is 31.9 Å². The lowest BCUT2D eigenvalue weighted by atomic mass is 9.91. The summed E-state index contributed by atoms with van der Waals surface area (Å²) in [4.78, 5) is 11.0. The molecule has 1 unspecified atom stereocenters. The third-order valence-corrected chi connectivity index (χ3v) is 4.20. The molecule has 0 aliphatic rings. The molecule has 10 heteroatoms. The Morgan fingerprint density at radius 1 is 1.23 bits per heavy atom. The smallest absolute Gasteiger partial charge is 0.423 e. The van der Waals surface area contributed by atoms with Crippen molar-refractivity contribution in [1.29, 1.82) is 0 Å². The summed E-state index contributed by atoms with van der Waals surface area (Å²) in [5.74, 6) is -0.141. The minimum Gasteiger partial charge on any atom is -0.496 e. The molecule has 1 aromatic carbocycles. The summed E-state index contributed by atoms with van der Waals surface area (Å²) in [6.45, 7) is 6.44. The van der Waals surface area contributed by atoms with E-state index in [1.165, 1.54) is 19.2 Å². The first-order valence-electron chi connectivity index (χ1n) is 9.39. The Labute approximate surface area is 175 Å². The standard InChI is InChI=1S/C20H30F3N3O4/c1-7-26(5)13-24-17-11-18(28-6)16(10-15(17)4)19(27,20(21,22)23)12-29-8-9-30-25-14(2)3/h10-11,13,27H,7-9,12H2,1-6H3. The van der Waals surface area contributed by atoms with Gasteiger partial charge in [-0.15, -0.1) is 0 Å². The summed E-state index contributed by atoms with van der Waals surface area (Å²) in [6.07, 6.45) is -3.43. The number of benzene rings is 1. The fourth-order valence-electron chi connectivity index (χ4n) is 2.35. The van der Waals surface area contributed by atoms with Crippen molar-refractivity contribution in [2.45, 2.75) is 39.5 Å². The fourth-order valence-corrected chi connectivity index (χ4v) is 2.35. The Bertz CT molecular complexity index is 750. The van der Waals surface area contributed by atoms with Gasteiger partial charge in [-0.25, -0.2) is 4.99 Å². The van der Waals surface area contributed by atoms with Gasteiger partial charge in [0.1, 0.15) is 12.4 Å². The number of hydrogen-bond acceptors (Lipinski definition) is 6. The quantitative estimate of drug-likeness (QED) is 0.249. The molecule has 0 aromatic heterocycles. The number of hydrogen-bond donors (Lipinski definition) is 1. The van der Waals surface area contributed by atoms with Crippen molar-refractivity contribution in [3.63, 3.8) is 0 Å². The normalized spacial score (nSPS) is 13.8. The van der Waals surface area contributed by atoms with Crippen molar-refractivity contribution < 1.29 is 32.6 Å². The van der Waals surface area contributed by atoms with Crippen LogP contribution in [0.5, 0.6) is 5.75 Å². The first-order valence-corrected chi connectivity index (χ1v) is 9.39. The van der Waals surface area contributed by atoms with E-state index in [2.05, 4.69) is 10.1 Å². The number of ether oxygens (including phenoxy) is 2. The van der Waals surface area contributed by atoms with Crippen LogP contribution in [0.25, 0.3) is 0 Å². The Morgan fingerprint density at radius 2 is 1.90 bits per heavy atom. The predicted molar refractivity (Wildman–Crippen MR) is 110 cm³/mol. The Balaban J connectivity index is 3.17. The van der Waals surface area contributed by atoms with Crippen molar-refractivity contribution in [2.24, 2.45) is 10.1 Å². The summed E-state index contributed by atoms with van der Waals surface area (Å²) in [7, 11) is 3.05. The van der Waals surface area contributed by atoms with E-state index < -0.39 is 23.9 Å². The molecule has 0 amide bonds. The molecular formula is C20H30F3N3O4. The highest BCUT2D eigenvalue weighted by Gasteiger charge is 2.56. The number of oxime groups is 1. The molecular weight excluding hydrogens is 403 g/mol. The molecule has 0 saturated carbocycles. The summed E-state index contributed by atoms with van der Waals surface area (Å²) in [5, 5.41) is 14.3. The lowest BCUT2D eigenvalue weighted by molar-refractivity contribution is -0.282. The maximum Gasteiger partial charge on any atom is 0.423 e. The van der Waals surface area contributed by atoms with Crippen LogP contribution in [0, 0.1) is 6.92 Å². The van der Waals surface area contributed by atoms with Gasteiger partial charge in [0.05, 0.1) is 38.1 Å². The topological polar surface area (TPSA) is 75.9 Å². The second-order valence-electron chi connectivity index (χ2n) is 6.94. The third kappa shape index (κ3) is 6.88. The van der Waals surface area contributed by atoms with E-state index in [1.807, 2.05) is 18.9 Å². The molecule has 1 atom stereocenters. The second kappa shape index (κ2) is 11.2. The van der Waals surface area contributed by atoms with Crippen molar-refractivity contribution in [3.8, 4) is 5.75 Å². The number of alkyl halides is 3. The first kappa shape index (κ1) is 25.7. The molecule has 0 aliphatic heterocycles. The largest absolute Gasteiger partial charge is 0.496 e. The van der Waals surface area contributed by atoms with E-state index in [0.717, 1.165) is 6.54 Å². The van der Waals surface area contributed by atoms with Crippen LogP contribution in [0.15, 0.2) is 22.3 Å². The monoisotopic (exact) mass is 433 g/mol. The van der Waals surface area contributed by atoms with Gasteiger partial charge in [-0.2, -0.15) is 13.2 Å². The lowest BCUT2D eigenvalue weighted by Gasteiger charge is -2.32. The van der Waals surface area contributed by atoms with Crippen LogP contribution in [0.4, 0.5) is 18.9 Å². The molecule has 0 spiro atoms. The maximum atomic E-state index is 13.8. The second-order valence-corrected chi connectivity index (χ2v) is 6.94. The molecule has 0 fully saturated rings. The summed E-state index contributed by atoms with van der Waals surface area (Å²) < 4.78 is 51.7. The van der Waals surface area contributed by atoms with Crippen LogP contribution in [-0.2, 0) is 15.2 Å². The molecule has 0 heterocycles. The molecule has 7 nitrogen and oxygen atoms in total. The van der Waals surface area contributed by atoms with Gasteiger partial charge in [0.15, 0.2) is 0 Å². The van der Waals surface area contributed by atoms with Crippen molar-refractivity contribution in [1.82, 2.24) is 4.90 Å². The predicted octanol–water partition coefficient (Wildman–Crippen LogP) is 3.79. The molecule has 30 heavy (non-hydrogen) atoms. The first-order chi connectivity index (χ1) is 14.0. The summed E-state index contributed by atoms with van der Waals surface area (Å²) in [5.41, 5.74) is -2.17. The molecule has 0 radical (unpaired) electrons. The number of rotatable bonds is 11. The van der Waals surface area contributed by atoms with E-state index in [-0.39, 0.29) is 19.0 Å². The van der Waals surface area contributed by atoms with E-state index in [9.17, 15) is 18.3 Å². The molecule has 0 bridgehead atoms. The van der Waals surface area contributed by atoms with Crippen LogP contribution in [-0.4, -0.2) is 68.8 Å². The number of aliphatic imine (C=N–C) groups is 1. The molecule has 0 aliphatic carbocycles. The molecule has 170 valence electrons. The molecule has 1 aromatic rings. The number of aryl methyl sites for hydroxylation is 1. The number of methoxy groups -OCH3 is 1. The van der Waals surface area contributed by atoms with Crippen molar-refractivity contribution in [2.75, 3.05) is 40.5 Å². The van der Waals surface area contributed by atoms with Gasteiger partial charge in [-0.1, -0.05) is 5.16 Å². The Hall–Kier alpha value is -2.33. The van der Waals surface area contributed by atoms with E-state index in [0.29, 0.717) is 17.0 Å². The number of halogens is 3.